The van der Waals surface area contributed by atoms with Gasteiger partial charge in [-0.3, -0.25) is 4.68 Å². The molecular formula is C15H18ClN3O2. The lowest BCUT2D eigenvalue weighted by atomic mass is 10.2. The van der Waals surface area contributed by atoms with Gasteiger partial charge in [-0.2, -0.15) is 5.10 Å². The number of halogens is 1. The molecule has 112 valence electrons. The van der Waals surface area contributed by atoms with Crippen LogP contribution in [0.2, 0.25) is 5.02 Å². The average Bonchev–Trinajstić information content (AvgIpc) is 2.94. The summed E-state index contributed by atoms with van der Waals surface area (Å²) in [6.45, 7) is 4.72. The summed E-state index contributed by atoms with van der Waals surface area (Å²) in [5, 5.41) is 8.04. The number of carbonyl (C=O) groups excluding carboxylic acids is 1. The molecular weight excluding hydrogens is 290 g/mol. The number of carbonyl (C=O) groups is 1. The second-order valence-corrected chi connectivity index (χ2v) is 5.37. The van der Waals surface area contributed by atoms with E-state index < -0.39 is 0 Å². The Morgan fingerprint density at radius 2 is 2.24 bits per heavy atom. The summed E-state index contributed by atoms with van der Waals surface area (Å²) in [5.74, 6) is -0.387. The Bertz CT molecular complexity index is 638. The van der Waals surface area contributed by atoms with Crippen molar-refractivity contribution in [3.8, 4) is 0 Å². The predicted octanol–water partition coefficient (Wildman–Crippen LogP) is 3.52. The van der Waals surface area contributed by atoms with Gasteiger partial charge in [0.1, 0.15) is 0 Å². The van der Waals surface area contributed by atoms with Gasteiger partial charge in [-0.25, -0.2) is 4.79 Å². The van der Waals surface area contributed by atoms with E-state index in [0.717, 1.165) is 5.56 Å². The van der Waals surface area contributed by atoms with Crippen molar-refractivity contribution >= 4 is 23.3 Å². The minimum Gasteiger partial charge on any atom is -0.465 e. The summed E-state index contributed by atoms with van der Waals surface area (Å²) >= 11 is 6.13. The zero-order valence-electron chi connectivity index (χ0n) is 12.3. The Balaban J connectivity index is 2.09. The van der Waals surface area contributed by atoms with Gasteiger partial charge in [0.25, 0.3) is 0 Å². The van der Waals surface area contributed by atoms with Gasteiger partial charge in [0.15, 0.2) is 0 Å². The van der Waals surface area contributed by atoms with Crippen molar-refractivity contribution < 1.29 is 9.53 Å². The van der Waals surface area contributed by atoms with E-state index in [1.807, 2.05) is 17.1 Å². The monoisotopic (exact) mass is 307 g/mol. The highest BCUT2D eigenvalue weighted by Gasteiger charge is 2.09. The van der Waals surface area contributed by atoms with Gasteiger partial charge in [0.2, 0.25) is 0 Å². The Hall–Kier alpha value is -2.01. The van der Waals surface area contributed by atoms with Gasteiger partial charge in [-0.15, -0.1) is 0 Å². The molecule has 0 saturated carbocycles. The Morgan fingerprint density at radius 3 is 2.86 bits per heavy atom. The molecule has 1 aromatic heterocycles. The summed E-state index contributed by atoms with van der Waals surface area (Å²) in [6, 6.07) is 5.31. The van der Waals surface area contributed by atoms with Crippen LogP contribution in [0.15, 0.2) is 30.6 Å². The summed E-state index contributed by atoms with van der Waals surface area (Å²) in [4.78, 5) is 11.5. The van der Waals surface area contributed by atoms with Gasteiger partial charge in [0.05, 0.1) is 29.6 Å². The predicted molar refractivity (Wildman–Crippen MR) is 82.7 cm³/mol. The van der Waals surface area contributed by atoms with Crippen LogP contribution in [0.25, 0.3) is 0 Å². The molecule has 1 heterocycles. The van der Waals surface area contributed by atoms with Crippen LogP contribution >= 0.6 is 11.6 Å². The second-order valence-electron chi connectivity index (χ2n) is 4.96. The van der Waals surface area contributed by atoms with Gasteiger partial charge < -0.3 is 10.1 Å². The molecule has 2 rings (SSSR count). The smallest absolute Gasteiger partial charge is 0.337 e. The Morgan fingerprint density at radius 1 is 1.48 bits per heavy atom. The first-order chi connectivity index (χ1) is 10.0. The fourth-order valence-corrected chi connectivity index (χ4v) is 2.04. The van der Waals surface area contributed by atoms with Crippen molar-refractivity contribution in [2.45, 2.75) is 26.4 Å². The summed E-state index contributed by atoms with van der Waals surface area (Å²) < 4.78 is 6.59. The highest BCUT2D eigenvalue weighted by Crippen LogP contribution is 2.24. The van der Waals surface area contributed by atoms with Gasteiger partial charge in [-0.05, 0) is 32.0 Å². The number of esters is 1. The van der Waals surface area contributed by atoms with Crippen molar-refractivity contribution in [2.75, 3.05) is 12.4 Å². The lowest BCUT2D eigenvalue weighted by Crippen LogP contribution is -2.04. The largest absolute Gasteiger partial charge is 0.465 e. The number of aromatic nitrogens is 2. The van der Waals surface area contributed by atoms with E-state index in [1.54, 1.807) is 18.2 Å². The van der Waals surface area contributed by atoms with E-state index in [2.05, 4.69) is 24.3 Å². The third-order valence-corrected chi connectivity index (χ3v) is 3.38. The molecule has 0 radical (unpaired) electrons. The van der Waals surface area contributed by atoms with Crippen LogP contribution in [0.5, 0.6) is 0 Å². The number of anilines is 1. The number of hydrogen-bond donors (Lipinski definition) is 1. The topological polar surface area (TPSA) is 56.1 Å². The number of nitrogens with zero attached hydrogens (tertiary/aromatic N) is 2. The molecule has 0 spiro atoms. The summed E-state index contributed by atoms with van der Waals surface area (Å²) in [5.41, 5.74) is 2.20. The van der Waals surface area contributed by atoms with Crippen molar-refractivity contribution in [1.82, 2.24) is 9.78 Å². The lowest BCUT2D eigenvalue weighted by molar-refractivity contribution is 0.0601. The maximum absolute atomic E-state index is 11.5. The van der Waals surface area contributed by atoms with E-state index in [9.17, 15) is 4.79 Å². The molecule has 0 unspecified atom stereocenters. The quantitative estimate of drug-likeness (QED) is 0.859. The van der Waals surface area contributed by atoms with Crippen LogP contribution in [0.3, 0.4) is 0 Å². The van der Waals surface area contributed by atoms with Gasteiger partial charge in [0, 0.05) is 24.3 Å². The molecule has 21 heavy (non-hydrogen) atoms. The standard InChI is InChI=1S/C15H18ClN3O2/c1-10(2)19-9-11(8-18-19)7-17-14-6-12(15(20)21-3)4-5-13(14)16/h4-6,8-10,17H,7H2,1-3H3. The molecule has 0 amide bonds. The number of rotatable bonds is 5. The van der Waals surface area contributed by atoms with Crippen molar-refractivity contribution in [1.29, 1.82) is 0 Å². The third-order valence-electron chi connectivity index (χ3n) is 3.05. The number of ether oxygens (including phenoxy) is 1. The zero-order valence-corrected chi connectivity index (χ0v) is 13.0. The summed E-state index contributed by atoms with van der Waals surface area (Å²) in [6.07, 6.45) is 3.79. The first kappa shape index (κ1) is 15.4. The summed E-state index contributed by atoms with van der Waals surface area (Å²) in [7, 11) is 1.35. The van der Waals surface area contributed by atoms with Crippen LogP contribution in [0.1, 0.15) is 35.8 Å². The maximum atomic E-state index is 11.5. The molecule has 0 fully saturated rings. The Kier molecular flexibility index (Phi) is 4.85. The average molecular weight is 308 g/mol. The molecule has 0 atom stereocenters. The van der Waals surface area contributed by atoms with Crippen molar-refractivity contribution in [3.05, 3.63) is 46.7 Å². The van der Waals surface area contributed by atoms with E-state index in [1.165, 1.54) is 7.11 Å². The molecule has 6 heteroatoms. The van der Waals surface area contributed by atoms with E-state index >= 15 is 0 Å². The second kappa shape index (κ2) is 6.63. The van der Waals surface area contributed by atoms with Crippen molar-refractivity contribution in [2.24, 2.45) is 0 Å². The number of nitrogens with one attached hydrogen (secondary N) is 1. The molecule has 0 bridgehead atoms. The lowest BCUT2D eigenvalue weighted by Gasteiger charge is -2.09. The van der Waals surface area contributed by atoms with Gasteiger partial charge in [-0.1, -0.05) is 11.6 Å². The molecule has 0 aliphatic rings. The molecule has 0 aliphatic heterocycles. The van der Waals surface area contributed by atoms with E-state index in [4.69, 9.17) is 16.3 Å². The van der Waals surface area contributed by atoms with Crippen LogP contribution < -0.4 is 5.32 Å². The minimum atomic E-state index is -0.387. The van der Waals surface area contributed by atoms with Crippen LogP contribution in [-0.4, -0.2) is 22.9 Å². The number of benzene rings is 1. The molecule has 0 saturated heterocycles. The van der Waals surface area contributed by atoms with Gasteiger partial charge >= 0.3 is 5.97 Å². The van der Waals surface area contributed by atoms with E-state index in [-0.39, 0.29) is 5.97 Å². The first-order valence-corrected chi connectivity index (χ1v) is 7.04. The van der Waals surface area contributed by atoms with Crippen LogP contribution in [0.4, 0.5) is 5.69 Å². The SMILES string of the molecule is COC(=O)c1ccc(Cl)c(NCc2cnn(C(C)C)c2)c1. The fourth-order valence-electron chi connectivity index (χ4n) is 1.85. The maximum Gasteiger partial charge on any atom is 0.337 e. The Labute approximate surface area is 128 Å². The normalized spacial score (nSPS) is 10.7. The van der Waals surface area contributed by atoms with Crippen LogP contribution in [0, 0.1) is 0 Å². The number of hydrogen-bond acceptors (Lipinski definition) is 4. The third kappa shape index (κ3) is 3.76. The zero-order chi connectivity index (χ0) is 15.4. The molecule has 1 N–H and O–H groups in total. The molecule has 1 aromatic carbocycles. The van der Waals surface area contributed by atoms with Crippen LogP contribution in [-0.2, 0) is 11.3 Å². The molecule has 5 nitrogen and oxygen atoms in total. The highest BCUT2D eigenvalue weighted by molar-refractivity contribution is 6.33. The van der Waals surface area contributed by atoms with E-state index in [0.29, 0.717) is 28.9 Å². The minimum absolute atomic E-state index is 0.324. The molecule has 0 aliphatic carbocycles. The number of methoxy groups -OCH3 is 1. The molecule has 2 aromatic rings. The fraction of sp³-hybridized carbons (Fsp3) is 0.333. The highest BCUT2D eigenvalue weighted by atomic mass is 35.5. The first-order valence-electron chi connectivity index (χ1n) is 6.66. The van der Waals surface area contributed by atoms with Crippen molar-refractivity contribution in [3.63, 3.8) is 0 Å².